The highest BCUT2D eigenvalue weighted by Gasteiger charge is 2.56. The molecule has 0 spiro atoms. The maximum absolute atomic E-state index is 12.5. The minimum absolute atomic E-state index is 0.112. The van der Waals surface area contributed by atoms with Gasteiger partial charge in [-0.15, -0.1) is 0 Å². The zero-order chi connectivity index (χ0) is 15.6. The van der Waals surface area contributed by atoms with Gasteiger partial charge in [-0.05, 0) is 43.9 Å². The largest absolute Gasteiger partial charge is 0.352 e. The molecule has 0 bridgehead atoms. The molecule has 2 amide bonds. The monoisotopic (exact) mass is 320 g/mol. The number of rotatable bonds is 4. The van der Waals surface area contributed by atoms with Crippen LogP contribution in [0.3, 0.4) is 0 Å². The summed E-state index contributed by atoms with van der Waals surface area (Å²) in [6.45, 7) is 0. The van der Waals surface area contributed by atoms with Crippen molar-refractivity contribution in [3.05, 3.63) is 29.3 Å². The van der Waals surface area contributed by atoms with Crippen LogP contribution < -0.4 is 10.6 Å². The van der Waals surface area contributed by atoms with Crippen molar-refractivity contribution in [2.45, 2.75) is 51.0 Å². The van der Waals surface area contributed by atoms with E-state index in [-0.39, 0.29) is 17.9 Å². The van der Waals surface area contributed by atoms with Crippen LogP contribution in [-0.2, 0) is 9.59 Å². The molecule has 2 aliphatic carbocycles. The fourth-order valence-corrected chi connectivity index (χ4v) is 3.26. The van der Waals surface area contributed by atoms with Gasteiger partial charge >= 0.3 is 0 Å². The van der Waals surface area contributed by atoms with E-state index in [4.69, 9.17) is 11.6 Å². The second-order valence-corrected chi connectivity index (χ2v) is 6.79. The molecule has 118 valence electrons. The Hall–Kier alpha value is -1.55. The summed E-state index contributed by atoms with van der Waals surface area (Å²) in [4.78, 5) is 25.0. The number of benzene rings is 1. The number of carbonyl (C=O) groups is 2. The number of hydrogen-bond acceptors (Lipinski definition) is 2. The molecule has 4 nitrogen and oxygen atoms in total. The summed E-state index contributed by atoms with van der Waals surface area (Å²) in [5, 5.41) is 6.46. The third-order valence-corrected chi connectivity index (χ3v) is 4.88. The Morgan fingerprint density at radius 3 is 2.45 bits per heavy atom. The number of amides is 2. The first kappa shape index (κ1) is 15.3. The summed E-state index contributed by atoms with van der Waals surface area (Å²) in [6, 6.07) is 7.23. The Labute approximate surface area is 135 Å². The van der Waals surface area contributed by atoms with Crippen LogP contribution in [0.15, 0.2) is 24.3 Å². The van der Waals surface area contributed by atoms with Gasteiger partial charge in [0, 0.05) is 16.8 Å². The molecule has 0 atom stereocenters. The van der Waals surface area contributed by atoms with E-state index in [9.17, 15) is 9.59 Å². The topological polar surface area (TPSA) is 58.2 Å². The summed E-state index contributed by atoms with van der Waals surface area (Å²) >= 11 is 5.92. The number of nitrogens with one attached hydrogen (secondary N) is 2. The van der Waals surface area contributed by atoms with E-state index in [0.29, 0.717) is 23.6 Å². The number of anilines is 1. The maximum atomic E-state index is 12.5. The van der Waals surface area contributed by atoms with Crippen molar-refractivity contribution >= 4 is 29.1 Å². The Kier molecular flexibility index (Phi) is 4.39. The van der Waals surface area contributed by atoms with E-state index < -0.39 is 5.41 Å². The highest BCUT2D eigenvalue weighted by Crippen LogP contribution is 2.47. The lowest BCUT2D eigenvalue weighted by molar-refractivity contribution is -0.135. The lowest BCUT2D eigenvalue weighted by atomic mass is 9.94. The normalized spacial score (nSPS) is 20.2. The summed E-state index contributed by atoms with van der Waals surface area (Å²) in [6.07, 6.45) is 6.86. The number of halogens is 1. The number of hydrogen-bond donors (Lipinski definition) is 2. The van der Waals surface area contributed by atoms with Gasteiger partial charge in [0.05, 0.1) is 0 Å². The second kappa shape index (κ2) is 6.29. The molecule has 1 aromatic carbocycles. The lowest BCUT2D eigenvalue weighted by Crippen LogP contribution is -2.45. The maximum Gasteiger partial charge on any atom is 0.240 e. The van der Waals surface area contributed by atoms with Crippen molar-refractivity contribution in [3.63, 3.8) is 0 Å². The van der Waals surface area contributed by atoms with E-state index in [1.54, 1.807) is 24.3 Å². The van der Waals surface area contributed by atoms with Gasteiger partial charge in [0.25, 0.3) is 0 Å². The van der Waals surface area contributed by atoms with Gasteiger partial charge in [-0.2, -0.15) is 0 Å². The van der Waals surface area contributed by atoms with E-state index in [1.807, 2.05) is 0 Å². The highest BCUT2D eigenvalue weighted by molar-refractivity contribution is 6.31. The minimum Gasteiger partial charge on any atom is -0.352 e. The fraction of sp³-hybridized carbons (Fsp3) is 0.529. The average Bonchev–Trinajstić information content (AvgIpc) is 3.30. The lowest BCUT2D eigenvalue weighted by Gasteiger charge is -2.25. The van der Waals surface area contributed by atoms with Crippen molar-refractivity contribution in [1.82, 2.24) is 5.32 Å². The van der Waals surface area contributed by atoms with Gasteiger partial charge < -0.3 is 10.6 Å². The van der Waals surface area contributed by atoms with Gasteiger partial charge in [-0.1, -0.05) is 36.9 Å². The molecule has 2 saturated carbocycles. The van der Waals surface area contributed by atoms with Crippen LogP contribution in [0.2, 0.25) is 5.02 Å². The molecule has 0 radical (unpaired) electrons. The molecule has 2 fully saturated rings. The van der Waals surface area contributed by atoms with Crippen LogP contribution in [0.5, 0.6) is 0 Å². The van der Waals surface area contributed by atoms with Crippen molar-refractivity contribution < 1.29 is 9.59 Å². The van der Waals surface area contributed by atoms with E-state index in [1.165, 1.54) is 6.42 Å². The van der Waals surface area contributed by atoms with Crippen molar-refractivity contribution in [3.8, 4) is 0 Å². The van der Waals surface area contributed by atoms with Crippen LogP contribution in [0.1, 0.15) is 44.9 Å². The summed E-state index contributed by atoms with van der Waals surface area (Å²) in [5.74, 6) is -0.331. The van der Waals surface area contributed by atoms with Crippen molar-refractivity contribution in [2.75, 3.05) is 5.32 Å². The average molecular weight is 321 g/mol. The molecule has 2 aliphatic rings. The molecule has 0 saturated heterocycles. The highest BCUT2D eigenvalue weighted by atomic mass is 35.5. The molecular formula is C17H21ClN2O2. The standard InChI is InChI=1S/C17H21ClN2O2/c18-12-5-4-8-14(11-12)20-16(22)17(9-10-17)15(21)19-13-6-2-1-3-7-13/h4-5,8,11,13H,1-3,6-7,9-10H2,(H,19,21)(H,20,22). The Bertz CT molecular complexity index is 578. The zero-order valence-electron chi connectivity index (χ0n) is 12.5. The summed E-state index contributed by atoms with van der Waals surface area (Å²) in [5.41, 5.74) is -0.242. The van der Waals surface area contributed by atoms with E-state index >= 15 is 0 Å². The molecule has 0 aromatic heterocycles. The molecule has 1 aromatic rings. The molecule has 5 heteroatoms. The Morgan fingerprint density at radius 2 is 1.82 bits per heavy atom. The second-order valence-electron chi connectivity index (χ2n) is 6.35. The zero-order valence-corrected chi connectivity index (χ0v) is 13.3. The van der Waals surface area contributed by atoms with Crippen LogP contribution in [0, 0.1) is 5.41 Å². The first-order chi connectivity index (χ1) is 10.6. The molecule has 0 unspecified atom stereocenters. The minimum atomic E-state index is -0.875. The SMILES string of the molecule is O=C(Nc1cccc(Cl)c1)C1(C(=O)NC2CCCCC2)CC1. The first-order valence-electron chi connectivity index (χ1n) is 7.98. The smallest absolute Gasteiger partial charge is 0.240 e. The molecule has 0 heterocycles. The van der Waals surface area contributed by atoms with Crippen molar-refractivity contribution in [1.29, 1.82) is 0 Å². The molecule has 2 N–H and O–H groups in total. The van der Waals surface area contributed by atoms with Crippen molar-refractivity contribution in [2.24, 2.45) is 5.41 Å². The van der Waals surface area contributed by atoms with Gasteiger partial charge in [0.1, 0.15) is 5.41 Å². The third kappa shape index (κ3) is 3.27. The van der Waals surface area contributed by atoms with Gasteiger partial charge in [-0.25, -0.2) is 0 Å². The Balaban J connectivity index is 1.62. The number of carbonyl (C=O) groups excluding carboxylic acids is 2. The van der Waals surface area contributed by atoms with Crippen LogP contribution in [-0.4, -0.2) is 17.9 Å². The van der Waals surface area contributed by atoms with Gasteiger partial charge in [0.2, 0.25) is 11.8 Å². The quantitative estimate of drug-likeness (QED) is 0.834. The fourth-order valence-electron chi connectivity index (χ4n) is 3.07. The Morgan fingerprint density at radius 1 is 1.09 bits per heavy atom. The predicted molar refractivity (Wildman–Crippen MR) is 86.8 cm³/mol. The summed E-state index contributed by atoms with van der Waals surface area (Å²) < 4.78 is 0. The van der Waals surface area contributed by atoms with Crippen LogP contribution >= 0.6 is 11.6 Å². The third-order valence-electron chi connectivity index (χ3n) is 4.64. The van der Waals surface area contributed by atoms with Gasteiger partial charge in [0.15, 0.2) is 0 Å². The van der Waals surface area contributed by atoms with E-state index in [2.05, 4.69) is 10.6 Å². The summed E-state index contributed by atoms with van der Waals surface area (Å²) in [7, 11) is 0. The molecular weight excluding hydrogens is 300 g/mol. The molecule has 22 heavy (non-hydrogen) atoms. The predicted octanol–water partition coefficient (Wildman–Crippen LogP) is 3.51. The van der Waals surface area contributed by atoms with Crippen LogP contribution in [0.25, 0.3) is 0 Å². The van der Waals surface area contributed by atoms with E-state index in [0.717, 1.165) is 25.7 Å². The first-order valence-corrected chi connectivity index (χ1v) is 8.36. The van der Waals surface area contributed by atoms with Gasteiger partial charge in [-0.3, -0.25) is 9.59 Å². The molecule has 0 aliphatic heterocycles. The van der Waals surface area contributed by atoms with Crippen LogP contribution in [0.4, 0.5) is 5.69 Å². The molecule has 3 rings (SSSR count).